The summed E-state index contributed by atoms with van der Waals surface area (Å²) in [6.45, 7) is 4.37. The third kappa shape index (κ3) is 5.52. The Morgan fingerprint density at radius 3 is 2.58 bits per heavy atom. The van der Waals surface area contributed by atoms with Gasteiger partial charge in [0.1, 0.15) is 12.4 Å². The Balaban J connectivity index is 2.46. The number of ether oxygens (including phenoxy) is 2. The molecule has 5 heteroatoms. The van der Waals surface area contributed by atoms with E-state index in [1.54, 1.807) is 6.07 Å². The highest BCUT2D eigenvalue weighted by atomic mass is 16.6. The number of esters is 1. The van der Waals surface area contributed by atoms with Crippen molar-refractivity contribution in [3.63, 3.8) is 0 Å². The number of aromatic carboxylic acids is 1. The summed E-state index contributed by atoms with van der Waals surface area (Å²) in [5.41, 5.74) is -0.155. The molecule has 0 radical (unpaired) electrons. The Morgan fingerprint density at radius 1 is 1.26 bits per heavy atom. The van der Waals surface area contributed by atoms with E-state index in [1.807, 2.05) is 0 Å². The van der Waals surface area contributed by atoms with E-state index >= 15 is 0 Å². The van der Waals surface area contributed by atoms with Crippen LogP contribution in [0.3, 0.4) is 0 Å². The molecule has 0 saturated heterocycles. The molecule has 0 aliphatic carbocycles. The van der Waals surface area contributed by atoms with Crippen molar-refractivity contribution in [2.75, 3.05) is 13.2 Å². The Bertz CT molecular complexity index is 439. The predicted octanol–water partition coefficient (Wildman–Crippen LogP) is 1.02. The van der Waals surface area contributed by atoms with Crippen LogP contribution < -0.4 is 9.84 Å². The van der Waals surface area contributed by atoms with Crippen molar-refractivity contribution < 1.29 is 24.2 Å². The van der Waals surface area contributed by atoms with Gasteiger partial charge in [0.2, 0.25) is 0 Å². The van der Waals surface area contributed by atoms with E-state index in [4.69, 9.17) is 9.47 Å². The van der Waals surface area contributed by atoms with Crippen LogP contribution in [-0.2, 0) is 9.53 Å². The van der Waals surface area contributed by atoms with Crippen molar-refractivity contribution in [3.8, 4) is 5.75 Å². The van der Waals surface area contributed by atoms with Gasteiger partial charge in [0.05, 0.1) is 5.97 Å². The number of benzene rings is 1. The fraction of sp³-hybridized carbons (Fsp3) is 0.429. The lowest BCUT2D eigenvalue weighted by Crippen LogP contribution is -2.24. The summed E-state index contributed by atoms with van der Waals surface area (Å²) in [5.74, 6) is -1.55. The summed E-state index contributed by atoms with van der Waals surface area (Å²) < 4.78 is 10.1. The molecule has 104 valence electrons. The number of carbonyl (C=O) groups is 2. The lowest BCUT2D eigenvalue weighted by atomic mass is 10.1. The second kappa shape index (κ2) is 7.53. The largest absolute Gasteiger partial charge is 0.545 e. The molecule has 5 nitrogen and oxygen atoms in total. The van der Waals surface area contributed by atoms with Crippen LogP contribution in [0.2, 0.25) is 0 Å². The highest BCUT2D eigenvalue weighted by Crippen LogP contribution is 2.17. The van der Waals surface area contributed by atoms with E-state index in [-0.39, 0.29) is 17.9 Å². The molecule has 0 atom stereocenters. The fourth-order valence-corrected chi connectivity index (χ4v) is 1.35. The van der Waals surface area contributed by atoms with Crippen LogP contribution in [0.4, 0.5) is 0 Å². The van der Waals surface area contributed by atoms with Gasteiger partial charge < -0.3 is 19.4 Å². The maximum absolute atomic E-state index is 11.5. The van der Waals surface area contributed by atoms with Crippen molar-refractivity contribution in [2.45, 2.75) is 20.3 Å². The van der Waals surface area contributed by atoms with Gasteiger partial charge in [0.15, 0.2) is 0 Å². The predicted molar refractivity (Wildman–Crippen MR) is 66.7 cm³/mol. The van der Waals surface area contributed by atoms with E-state index < -0.39 is 11.9 Å². The Labute approximate surface area is 112 Å². The lowest BCUT2D eigenvalue weighted by molar-refractivity contribution is -0.255. The van der Waals surface area contributed by atoms with Gasteiger partial charge in [0, 0.05) is 12.2 Å². The van der Waals surface area contributed by atoms with Gasteiger partial charge in [-0.2, -0.15) is 0 Å². The standard InChI is InChI=1S/C14H18O5/c1-10(2)7-8-18-9-13(15)19-12-6-4-3-5-11(12)14(16)17/h3-6,10H,7-9H2,1-2H3,(H,16,17)/p-1. The Hall–Kier alpha value is -1.88. The van der Waals surface area contributed by atoms with Crippen LogP contribution in [-0.4, -0.2) is 25.2 Å². The van der Waals surface area contributed by atoms with E-state index in [1.165, 1.54) is 18.2 Å². The van der Waals surface area contributed by atoms with Crippen LogP contribution in [0.25, 0.3) is 0 Å². The lowest BCUT2D eigenvalue weighted by Gasteiger charge is -2.11. The maximum Gasteiger partial charge on any atom is 0.337 e. The normalized spacial score (nSPS) is 10.5. The summed E-state index contributed by atoms with van der Waals surface area (Å²) in [5, 5.41) is 10.8. The molecule has 0 unspecified atom stereocenters. The molecule has 0 fully saturated rings. The molecule has 0 amide bonds. The molecule has 0 spiro atoms. The van der Waals surface area contributed by atoms with E-state index in [0.29, 0.717) is 12.5 Å². The van der Waals surface area contributed by atoms with Crippen LogP contribution >= 0.6 is 0 Å². The molecular weight excluding hydrogens is 248 g/mol. The van der Waals surface area contributed by atoms with Gasteiger partial charge >= 0.3 is 5.97 Å². The van der Waals surface area contributed by atoms with Gasteiger partial charge in [-0.15, -0.1) is 0 Å². The first-order chi connectivity index (χ1) is 9.00. The van der Waals surface area contributed by atoms with Crippen LogP contribution in [0.1, 0.15) is 30.6 Å². The summed E-state index contributed by atoms with van der Waals surface area (Å²) in [6, 6.07) is 5.82. The first-order valence-corrected chi connectivity index (χ1v) is 6.09. The second-order valence-electron chi connectivity index (χ2n) is 4.49. The van der Waals surface area contributed by atoms with Crippen molar-refractivity contribution >= 4 is 11.9 Å². The molecule has 19 heavy (non-hydrogen) atoms. The number of rotatable bonds is 7. The molecule has 0 heterocycles. The molecule has 0 saturated carbocycles. The third-order valence-electron chi connectivity index (χ3n) is 2.39. The zero-order chi connectivity index (χ0) is 14.3. The smallest absolute Gasteiger partial charge is 0.337 e. The van der Waals surface area contributed by atoms with Gasteiger partial charge in [-0.1, -0.05) is 26.0 Å². The summed E-state index contributed by atoms with van der Waals surface area (Å²) >= 11 is 0. The zero-order valence-corrected chi connectivity index (χ0v) is 11.0. The van der Waals surface area contributed by atoms with Gasteiger partial charge in [-0.3, -0.25) is 0 Å². The monoisotopic (exact) mass is 265 g/mol. The summed E-state index contributed by atoms with van der Waals surface area (Å²) in [6.07, 6.45) is 0.850. The maximum atomic E-state index is 11.5. The fourth-order valence-electron chi connectivity index (χ4n) is 1.35. The van der Waals surface area contributed by atoms with Crippen molar-refractivity contribution in [1.29, 1.82) is 0 Å². The minimum atomic E-state index is -1.39. The van der Waals surface area contributed by atoms with Crippen molar-refractivity contribution in [2.24, 2.45) is 5.92 Å². The number of carbonyl (C=O) groups excluding carboxylic acids is 2. The van der Waals surface area contributed by atoms with Gasteiger partial charge in [-0.25, -0.2) is 4.79 Å². The summed E-state index contributed by atoms with van der Waals surface area (Å²) in [7, 11) is 0. The Kier molecular flexibility index (Phi) is 6.02. The molecule has 0 bridgehead atoms. The number of hydrogen-bond donors (Lipinski definition) is 0. The molecule has 0 N–H and O–H groups in total. The highest BCUT2D eigenvalue weighted by molar-refractivity contribution is 5.90. The molecule has 0 aliphatic rings. The van der Waals surface area contributed by atoms with Gasteiger partial charge in [0.25, 0.3) is 0 Å². The quantitative estimate of drug-likeness (QED) is 0.418. The SMILES string of the molecule is CC(C)CCOCC(=O)Oc1ccccc1C(=O)[O-]. The van der Waals surface area contributed by atoms with E-state index in [9.17, 15) is 14.7 Å². The average Bonchev–Trinajstić information content (AvgIpc) is 2.35. The topological polar surface area (TPSA) is 75.7 Å². The van der Waals surface area contributed by atoms with E-state index in [2.05, 4.69) is 13.8 Å². The molecular formula is C14H17O5-. The number of carboxylic acid groups (broad SMARTS) is 1. The molecule has 1 aromatic rings. The molecule has 0 aromatic heterocycles. The number of carboxylic acids is 1. The van der Waals surface area contributed by atoms with Crippen LogP contribution in [0, 0.1) is 5.92 Å². The second-order valence-corrected chi connectivity index (χ2v) is 4.49. The minimum Gasteiger partial charge on any atom is -0.545 e. The average molecular weight is 265 g/mol. The highest BCUT2D eigenvalue weighted by Gasteiger charge is 2.09. The molecule has 1 rings (SSSR count). The number of para-hydroxylation sites is 1. The first-order valence-electron chi connectivity index (χ1n) is 6.09. The Morgan fingerprint density at radius 2 is 1.95 bits per heavy atom. The van der Waals surface area contributed by atoms with E-state index in [0.717, 1.165) is 6.42 Å². The van der Waals surface area contributed by atoms with Crippen LogP contribution in [0.15, 0.2) is 24.3 Å². The van der Waals surface area contributed by atoms with Crippen molar-refractivity contribution in [1.82, 2.24) is 0 Å². The van der Waals surface area contributed by atoms with Crippen molar-refractivity contribution in [3.05, 3.63) is 29.8 Å². The molecule has 1 aromatic carbocycles. The first kappa shape index (κ1) is 15.2. The third-order valence-corrected chi connectivity index (χ3v) is 2.39. The summed E-state index contributed by atoms with van der Waals surface area (Å²) in [4.78, 5) is 22.3. The van der Waals surface area contributed by atoms with Crippen LogP contribution in [0.5, 0.6) is 5.75 Å². The number of hydrogen-bond acceptors (Lipinski definition) is 5. The van der Waals surface area contributed by atoms with Gasteiger partial charge in [-0.05, 0) is 24.5 Å². The zero-order valence-electron chi connectivity index (χ0n) is 11.0. The minimum absolute atomic E-state index is 0.0278. The molecule has 0 aliphatic heterocycles.